The average Bonchev–Trinajstić information content (AvgIpc) is 2.74. The first kappa shape index (κ1) is 15.3. The van der Waals surface area contributed by atoms with Gasteiger partial charge in [0.05, 0.1) is 17.5 Å². The Morgan fingerprint density at radius 1 is 1.40 bits per heavy atom. The van der Waals surface area contributed by atoms with Gasteiger partial charge in [-0.15, -0.1) is 11.6 Å². The first-order valence-corrected chi connectivity index (χ1v) is 8.86. The quantitative estimate of drug-likeness (QED) is 0.802. The van der Waals surface area contributed by atoms with E-state index in [1.807, 2.05) is 32.0 Å². The molecule has 4 nitrogen and oxygen atoms in total. The number of amides is 1. The van der Waals surface area contributed by atoms with Crippen LogP contribution in [-0.4, -0.2) is 37.8 Å². The molecule has 0 bridgehead atoms. The number of anilines is 1. The first-order chi connectivity index (χ1) is 9.35. The summed E-state index contributed by atoms with van der Waals surface area (Å²) >= 11 is 5.70. The van der Waals surface area contributed by atoms with E-state index in [2.05, 4.69) is 0 Å². The highest BCUT2D eigenvalue weighted by atomic mass is 35.5. The van der Waals surface area contributed by atoms with Crippen molar-refractivity contribution in [3.63, 3.8) is 0 Å². The van der Waals surface area contributed by atoms with Gasteiger partial charge in [-0.25, -0.2) is 8.42 Å². The summed E-state index contributed by atoms with van der Waals surface area (Å²) in [5.74, 6) is -0.246. The predicted octanol–water partition coefficient (Wildman–Crippen LogP) is 2.06. The molecule has 1 aromatic rings. The van der Waals surface area contributed by atoms with E-state index in [4.69, 9.17) is 11.6 Å². The minimum Gasteiger partial charge on any atom is -0.307 e. The lowest BCUT2D eigenvalue weighted by Crippen LogP contribution is -2.42. The topological polar surface area (TPSA) is 54.5 Å². The van der Waals surface area contributed by atoms with Gasteiger partial charge in [0, 0.05) is 5.69 Å². The van der Waals surface area contributed by atoms with Crippen molar-refractivity contribution in [1.29, 1.82) is 0 Å². The van der Waals surface area contributed by atoms with E-state index < -0.39 is 9.84 Å². The third-order valence-corrected chi connectivity index (χ3v) is 5.77. The number of nitrogens with zero attached hydrogens (tertiary/aromatic N) is 1. The summed E-state index contributed by atoms with van der Waals surface area (Å²) in [6.45, 7) is 3.90. The lowest BCUT2D eigenvalue weighted by Gasteiger charge is -2.29. The van der Waals surface area contributed by atoms with Crippen LogP contribution in [0, 0.1) is 13.8 Å². The minimum absolute atomic E-state index is 0.0169. The number of benzene rings is 1. The molecule has 6 heteroatoms. The number of carbonyl (C=O) groups excluding carboxylic acids is 1. The van der Waals surface area contributed by atoms with Crippen molar-refractivity contribution < 1.29 is 13.2 Å². The maximum Gasteiger partial charge on any atom is 0.242 e. The minimum atomic E-state index is -3.05. The fraction of sp³-hybridized carbons (Fsp3) is 0.500. The molecule has 1 fully saturated rings. The van der Waals surface area contributed by atoms with Gasteiger partial charge in [0.25, 0.3) is 0 Å². The van der Waals surface area contributed by atoms with E-state index in [9.17, 15) is 13.2 Å². The highest BCUT2D eigenvalue weighted by Crippen LogP contribution is 2.29. The molecule has 1 aromatic carbocycles. The molecule has 20 heavy (non-hydrogen) atoms. The standard InChI is InChI=1S/C14H18ClNO3S/c1-10-4-3-5-13(11(10)2)16(14(17)8-15)12-6-7-20(18,19)9-12/h3-5,12H,6-9H2,1-2H3. The zero-order valence-electron chi connectivity index (χ0n) is 11.6. The van der Waals surface area contributed by atoms with Gasteiger partial charge in [0.2, 0.25) is 5.91 Å². The van der Waals surface area contributed by atoms with Crippen LogP contribution < -0.4 is 4.90 Å². The molecule has 1 atom stereocenters. The highest BCUT2D eigenvalue weighted by Gasteiger charge is 2.35. The van der Waals surface area contributed by atoms with E-state index in [-0.39, 0.29) is 29.3 Å². The number of rotatable bonds is 3. The molecule has 1 aliphatic rings. The van der Waals surface area contributed by atoms with Crippen LogP contribution in [0.4, 0.5) is 5.69 Å². The summed E-state index contributed by atoms with van der Waals surface area (Å²) in [4.78, 5) is 13.7. The molecule has 1 heterocycles. The van der Waals surface area contributed by atoms with Crippen molar-refractivity contribution in [2.45, 2.75) is 26.3 Å². The fourth-order valence-corrected chi connectivity index (χ4v) is 4.40. The summed E-state index contributed by atoms with van der Waals surface area (Å²) in [6.07, 6.45) is 0.471. The molecule has 1 aliphatic heterocycles. The Morgan fingerprint density at radius 2 is 2.10 bits per heavy atom. The van der Waals surface area contributed by atoms with E-state index in [0.29, 0.717) is 6.42 Å². The molecule has 0 aliphatic carbocycles. The van der Waals surface area contributed by atoms with Crippen LogP contribution in [0.1, 0.15) is 17.5 Å². The Morgan fingerprint density at radius 3 is 2.65 bits per heavy atom. The van der Waals surface area contributed by atoms with Crippen molar-refractivity contribution >= 4 is 33.0 Å². The van der Waals surface area contributed by atoms with Gasteiger partial charge in [0.1, 0.15) is 5.88 Å². The summed E-state index contributed by atoms with van der Waals surface area (Å²) in [7, 11) is -3.05. The zero-order chi connectivity index (χ0) is 14.9. The number of carbonyl (C=O) groups is 1. The van der Waals surface area contributed by atoms with E-state index in [1.165, 1.54) is 0 Å². The maximum absolute atomic E-state index is 12.2. The molecule has 0 spiro atoms. The summed E-state index contributed by atoms with van der Waals surface area (Å²) < 4.78 is 23.3. The van der Waals surface area contributed by atoms with Gasteiger partial charge in [-0.3, -0.25) is 4.79 Å². The molecule has 1 amide bonds. The number of hydrogen-bond acceptors (Lipinski definition) is 3. The lowest BCUT2D eigenvalue weighted by molar-refractivity contribution is -0.116. The third kappa shape index (κ3) is 2.99. The van der Waals surface area contributed by atoms with Crippen molar-refractivity contribution in [2.24, 2.45) is 0 Å². The Bertz CT molecular complexity index is 627. The van der Waals surface area contributed by atoms with Gasteiger partial charge >= 0.3 is 0 Å². The Labute approximate surface area is 124 Å². The van der Waals surface area contributed by atoms with Crippen LogP contribution in [0.15, 0.2) is 18.2 Å². The molecule has 0 aromatic heterocycles. The molecular formula is C14H18ClNO3S. The van der Waals surface area contributed by atoms with Crippen molar-refractivity contribution in [1.82, 2.24) is 0 Å². The smallest absolute Gasteiger partial charge is 0.242 e. The van der Waals surface area contributed by atoms with E-state index >= 15 is 0 Å². The first-order valence-electron chi connectivity index (χ1n) is 6.50. The number of alkyl halides is 1. The average molecular weight is 316 g/mol. The Balaban J connectivity index is 2.44. The van der Waals surface area contributed by atoms with Crippen molar-refractivity contribution in [3.8, 4) is 0 Å². The molecule has 0 radical (unpaired) electrons. The second-order valence-corrected chi connectivity index (χ2v) is 7.67. The number of aryl methyl sites for hydroxylation is 1. The van der Waals surface area contributed by atoms with Gasteiger partial charge in [0.15, 0.2) is 9.84 Å². The van der Waals surface area contributed by atoms with Crippen LogP contribution in [0.3, 0.4) is 0 Å². The SMILES string of the molecule is Cc1cccc(N(C(=O)CCl)C2CCS(=O)(=O)C2)c1C. The van der Waals surface area contributed by atoms with Crippen LogP contribution in [0.25, 0.3) is 0 Å². The van der Waals surface area contributed by atoms with Gasteiger partial charge in [-0.1, -0.05) is 12.1 Å². The van der Waals surface area contributed by atoms with Gasteiger partial charge in [-0.05, 0) is 37.5 Å². The normalized spacial score (nSPS) is 20.9. The molecule has 0 N–H and O–H groups in total. The molecule has 110 valence electrons. The van der Waals surface area contributed by atoms with Gasteiger partial charge in [-0.2, -0.15) is 0 Å². The lowest BCUT2D eigenvalue weighted by atomic mass is 10.1. The largest absolute Gasteiger partial charge is 0.307 e. The van der Waals surface area contributed by atoms with Crippen LogP contribution in [0.2, 0.25) is 0 Å². The van der Waals surface area contributed by atoms with Crippen molar-refractivity contribution in [2.75, 3.05) is 22.3 Å². The Kier molecular flexibility index (Phi) is 4.39. The molecular weight excluding hydrogens is 298 g/mol. The second-order valence-electron chi connectivity index (χ2n) is 5.17. The van der Waals surface area contributed by atoms with E-state index in [1.54, 1.807) is 4.90 Å². The molecule has 1 saturated heterocycles. The summed E-state index contributed by atoms with van der Waals surface area (Å²) in [5.41, 5.74) is 2.81. The molecule has 0 saturated carbocycles. The summed E-state index contributed by atoms with van der Waals surface area (Å²) in [6, 6.07) is 5.37. The fourth-order valence-electron chi connectivity index (χ4n) is 2.57. The predicted molar refractivity (Wildman–Crippen MR) is 81.2 cm³/mol. The highest BCUT2D eigenvalue weighted by molar-refractivity contribution is 7.91. The van der Waals surface area contributed by atoms with Crippen LogP contribution >= 0.6 is 11.6 Å². The second kappa shape index (κ2) is 5.74. The monoisotopic (exact) mass is 315 g/mol. The number of sulfone groups is 1. The number of hydrogen-bond donors (Lipinski definition) is 0. The van der Waals surface area contributed by atoms with E-state index in [0.717, 1.165) is 16.8 Å². The van der Waals surface area contributed by atoms with Gasteiger partial charge < -0.3 is 4.90 Å². The maximum atomic E-state index is 12.2. The van der Waals surface area contributed by atoms with Crippen molar-refractivity contribution in [3.05, 3.63) is 29.3 Å². The molecule has 1 unspecified atom stereocenters. The third-order valence-electron chi connectivity index (χ3n) is 3.79. The zero-order valence-corrected chi connectivity index (χ0v) is 13.2. The Hall–Kier alpha value is -1.07. The number of halogens is 1. The molecule has 2 rings (SSSR count). The summed E-state index contributed by atoms with van der Waals surface area (Å²) in [5, 5.41) is 0. The van der Waals surface area contributed by atoms with Crippen LogP contribution in [-0.2, 0) is 14.6 Å². The van der Waals surface area contributed by atoms with Crippen LogP contribution in [0.5, 0.6) is 0 Å².